The number of methoxy groups -OCH3 is 1. The topological polar surface area (TPSA) is 63.7 Å². The maximum absolute atomic E-state index is 13.0. The molecular weight excluding hydrogens is 428 g/mol. The summed E-state index contributed by atoms with van der Waals surface area (Å²) >= 11 is 6.57. The molecule has 1 saturated heterocycles. The minimum absolute atomic E-state index is 0.00357. The van der Waals surface area contributed by atoms with E-state index in [1.165, 1.54) is 5.57 Å². The van der Waals surface area contributed by atoms with Crippen molar-refractivity contribution in [3.63, 3.8) is 0 Å². The summed E-state index contributed by atoms with van der Waals surface area (Å²) in [4.78, 5) is 20.3. The van der Waals surface area contributed by atoms with Gasteiger partial charge in [-0.3, -0.25) is 4.79 Å². The lowest BCUT2D eigenvalue weighted by Crippen LogP contribution is -2.27. The van der Waals surface area contributed by atoms with Crippen LogP contribution in [0.2, 0.25) is 5.02 Å². The Balaban J connectivity index is 1.60. The number of anilines is 1. The normalized spacial score (nSPS) is 31.2. The molecule has 0 N–H and O–H groups in total. The van der Waals surface area contributed by atoms with Gasteiger partial charge >= 0.3 is 0 Å². The number of ether oxygens (including phenoxy) is 2. The number of fused-ring (bicyclic) bond motifs is 5. The second kappa shape index (κ2) is 9.67. The zero-order chi connectivity index (χ0) is 22.8. The number of carbonyl (C=O) groups is 1. The number of allylic oxidation sites excluding steroid dienone is 4. The molecule has 1 aromatic rings. The monoisotopic (exact) mass is 458 g/mol. The van der Waals surface area contributed by atoms with Gasteiger partial charge in [-0.05, 0) is 37.5 Å². The lowest BCUT2D eigenvalue weighted by atomic mass is 9.93. The van der Waals surface area contributed by atoms with E-state index in [4.69, 9.17) is 25.9 Å². The van der Waals surface area contributed by atoms with Crippen LogP contribution in [-0.2, 0) is 20.8 Å². The summed E-state index contributed by atoms with van der Waals surface area (Å²) in [5, 5.41) is 4.73. The van der Waals surface area contributed by atoms with E-state index >= 15 is 0 Å². The smallest absolute Gasteiger partial charge is 0.226 e. The molecule has 0 unspecified atom stereocenters. The molecule has 0 saturated carbocycles. The van der Waals surface area contributed by atoms with E-state index in [-0.39, 0.29) is 30.1 Å². The van der Waals surface area contributed by atoms with E-state index in [1.807, 2.05) is 12.1 Å². The first kappa shape index (κ1) is 22.9. The van der Waals surface area contributed by atoms with Crippen LogP contribution in [0.4, 0.5) is 5.69 Å². The maximum atomic E-state index is 13.0. The van der Waals surface area contributed by atoms with Crippen LogP contribution in [0.1, 0.15) is 45.1 Å². The molecule has 7 heteroatoms. The summed E-state index contributed by atoms with van der Waals surface area (Å²) in [7, 11) is 3.36. The van der Waals surface area contributed by atoms with Gasteiger partial charge in [0.15, 0.2) is 0 Å². The quantitative estimate of drug-likeness (QED) is 0.550. The number of hydrogen-bond donors (Lipinski definition) is 0. The predicted octanol–water partition coefficient (Wildman–Crippen LogP) is 5.09. The number of rotatable bonds is 1. The fourth-order valence-corrected chi connectivity index (χ4v) is 4.75. The molecule has 4 bridgehead atoms. The lowest BCUT2D eigenvalue weighted by molar-refractivity contribution is -0.118. The van der Waals surface area contributed by atoms with Crippen molar-refractivity contribution >= 4 is 28.9 Å². The van der Waals surface area contributed by atoms with Crippen molar-refractivity contribution in [1.29, 1.82) is 0 Å². The number of carbonyl (C=O) groups excluding carboxylic acids is 1. The molecular formula is C25H31ClN2O4. The average Bonchev–Trinajstić information content (AvgIpc) is 3.41. The minimum atomic E-state index is 0.00357. The Labute approximate surface area is 194 Å². The van der Waals surface area contributed by atoms with E-state index in [2.05, 4.69) is 37.2 Å². The average molecular weight is 459 g/mol. The van der Waals surface area contributed by atoms with Gasteiger partial charge in [-0.2, -0.15) is 0 Å². The summed E-state index contributed by atoms with van der Waals surface area (Å²) in [6, 6.07) is 3.91. The Morgan fingerprint density at radius 3 is 2.88 bits per heavy atom. The summed E-state index contributed by atoms with van der Waals surface area (Å²) in [5.41, 5.74) is 3.95. The van der Waals surface area contributed by atoms with E-state index in [0.717, 1.165) is 30.5 Å². The highest BCUT2D eigenvalue weighted by molar-refractivity contribution is 6.35. The summed E-state index contributed by atoms with van der Waals surface area (Å²) in [6.07, 6.45) is 9.92. The fraction of sp³-hybridized carbons (Fsp3) is 0.520. The molecule has 3 aliphatic heterocycles. The molecule has 1 aromatic carbocycles. The molecule has 4 rings (SSSR count). The van der Waals surface area contributed by atoms with Crippen LogP contribution in [0, 0.1) is 5.92 Å². The predicted molar refractivity (Wildman–Crippen MR) is 127 cm³/mol. The molecule has 1 fully saturated rings. The van der Waals surface area contributed by atoms with Gasteiger partial charge in [0, 0.05) is 32.2 Å². The van der Waals surface area contributed by atoms with Crippen molar-refractivity contribution < 1.29 is 19.1 Å². The molecule has 0 spiro atoms. The van der Waals surface area contributed by atoms with Gasteiger partial charge in [0.2, 0.25) is 5.91 Å². The summed E-state index contributed by atoms with van der Waals surface area (Å²) in [5.74, 6) is 0.808. The van der Waals surface area contributed by atoms with Crippen molar-refractivity contribution in [3.05, 3.63) is 46.5 Å². The molecule has 0 aromatic heterocycles. The Hall–Kier alpha value is -2.31. The number of amides is 1. The highest BCUT2D eigenvalue weighted by atomic mass is 35.5. The zero-order valence-corrected chi connectivity index (χ0v) is 19.9. The van der Waals surface area contributed by atoms with Gasteiger partial charge in [-0.15, -0.1) is 0 Å². The molecule has 3 aliphatic rings. The van der Waals surface area contributed by atoms with Crippen LogP contribution < -0.4 is 9.64 Å². The molecule has 4 atom stereocenters. The summed E-state index contributed by atoms with van der Waals surface area (Å²) in [6.45, 7) is 4.23. The zero-order valence-electron chi connectivity index (χ0n) is 19.1. The van der Waals surface area contributed by atoms with Gasteiger partial charge in [0.1, 0.15) is 16.9 Å². The lowest BCUT2D eigenvalue weighted by Gasteiger charge is -2.21. The van der Waals surface area contributed by atoms with E-state index in [9.17, 15) is 4.79 Å². The molecule has 172 valence electrons. The molecule has 3 heterocycles. The first-order valence-electron chi connectivity index (χ1n) is 11.2. The highest BCUT2D eigenvalue weighted by Gasteiger charge is 2.47. The molecule has 6 nitrogen and oxygen atoms in total. The van der Waals surface area contributed by atoms with Crippen molar-refractivity contribution in [2.75, 3.05) is 19.1 Å². The van der Waals surface area contributed by atoms with E-state index in [1.54, 1.807) is 19.1 Å². The first-order valence-corrected chi connectivity index (χ1v) is 11.6. The fourth-order valence-electron chi connectivity index (χ4n) is 4.43. The molecule has 0 aliphatic carbocycles. The van der Waals surface area contributed by atoms with Crippen molar-refractivity contribution in [1.82, 2.24) is 0 Å². The number of oxime groups is 1. The highest BCUT2D eigenvalue weighted by Crippen LogP contribution is 2.39. The second-order valence-corrected chi connectivity index (χ2v) is 9.33. The third-order valence-corrected chi connectivity index (χ3v) is 6.89. The van der Waals surface area contributed by atoms with Crippen molar-refractivity contribution in [3.8, 4) is 5.75 Å². The standard InChI is InChI=1S/C25H31ClN2O4/c1-15-7-5-6-8-18-14-21(32-27-18)16(2)25-20(31-25)9-10-23(29)28(3)19-12-17(11-15)13-22(30-4)24(19)26/h5-7,12-13,16,20-21,25H,8-11,14H2,1-4H3/b6-5+,15-7+/t16-,20+,21-,25+/m1/s1. The molecule has 1 amide bonds. The Kier molecular flexibility index (Phi) is 6.91. The largest absolute Gasteiger partial charge is 0.495 e. The second-order valence-electron chi connectivity index (χ2n) is 8.95. The summed E-state index contributed by atoms with van der Waals surface area (Å²) < 4.78 is 11.4. The number of benzene rings is 1. The minimum Gasteiger partial charge on any atom is -0.495 e. The van der Waals surface area contributed by atoms with Gasteiger partial charge in [-0.1, -0.05) is 47.5 Å². The Morgan fingerprint density at radius 2 is 2.09 bits per heavy atom. The van der Waals surface area contributed by atoms with Crippen LogP contribution in [0.5, 0.6) is 5.75 Å². The van der Waals surface area contributed by atoms with Crippen LogP contribution in [0.3, 0.4) is 0 Å². The first-order chi connectivity index (χ1) is 15.4. The molecule has 0 radical (unpaired) electrons. The van der Waals surface area contributed by atoms with Gasteiger partial charge in [0.25, 0.3) is 0 Å². The van der Waals surface area contributed by atoms with Crippen LogP contribution in [-0.4, -0.2) is 44.1 Å². The molecule has 32 heavy (non-hydrogen) atoms. The van der Waals surface area contributed by atoms with Crippen LogP contribution in [0.15, 0.2) is 41.1 Å². The van der Waals surface area contributed by atoms with Gasteiger partial charge in [0.05, 0.1) is 30.7 Å². The van der Waals surface area contributed by atoms with Crippen molar-refractivity contribution in [2.24, 2.45) is 11.1 Å². The number of nitrogens with zero attached hydrogens (tertiary/aromatic N) is 2. The Bertz CT molecular complexity index is 971. The SMILES string of the molecule is COc1cc2cc(c1Cl)N(C)C(=O)CC[C@@H]1O[C@H]1[C@H](C)[C@H]1CC(=NO1)C/C=C/C=C(\C)C2. The van der Waals surface area contributed by atoms with Crippen LogP contribution >= 0.6 is 11.6 Å². The maximum Gasteiger partial charge on any atom is 0.226 e. The third-order valence-electron chi connectivity index (χ3n) is 6.51. The van der Waals surface area contributed by atoms with Crippen molar-refractivity contribution in [2.45, 2.75) is 64.3 Å². The van der Waals surface area contributed by atoms with Gasteiger partial charge in [-0.25, -0.2) is 0 Å². The third kappa shape index (κ3) is 5.02. The number of hydrogen-bond acceptors (Lipinski definition) is 5. The van der Waals surface area contributed by atoms with Gasteiger partial charge < -0.3 is 19.2 Å². The number of halogens is 1. The number of epoxide rings is 1. The van der Waals surface area contributed by atoms with E-state index < -0.39 is 0 Å². The van der Waals surface area contributed by atoms with E-state index in [0.29, 0.717) is 29.3 Å². The Morgan fingerprint density at radius 1 is 1.28 bits per heavy atom. The van der Waals surface area contributed by atoms with Crippen LogP contribution in [0.25, 0.3) is 0 Å².